The van der Waals surface area contributed by atoms with Crippen molar-refractivity contribution in [3.8, 4) is 23.0 Å². The monoisotopic (exact) mass is 875 g/mol. The molecule has 4 heterocycles. The molecule has 0 bridgehead atoms. The lowest BCUT2D eigenvalue weighted by Gasteiger charge is -2.18. The molecule has 2 saturated heterocycles. The maximum atomic E-state index is 13.1. The van der Waals surface area contributed by atoms with Crippen molar-refractivity contribution in [1.29, 1.82) is 0 Å². The second-order valence-electron chi connectivity index (χ2n) is 16.6. The van der Waals surface area contributed by atoms with E-state index in [9.17, 15) is 23.1 Å². The first kappa shape index (κ1) is 47.3. The number of rotatable bonds is 14. The zero-order chi connectivity index (χ0) is 43.6. The molecule has 62 heavy (non-hydrogen) atoms. The van der Waals surface area contributed by atoms with Gasteiger partial charge in [-0.2, -0.15) is 18.2 Å². The van der Waals surface area contributed by atoms with E-state index in [1.807, 2.05) is 36.4 Å². The summed E-state index contributed by atoms with van der Waals surface area (Å²) in [6.45, 7) is 19.2. The minimum atomic E-state index is -4.61. The summed E-state index contributed by atoms with van der Waals surface area (Å²) in [4.78, 5) is 28.7. The minimum Gasteiger partial charge on any atom is -0.493 e. The fourth-order valence-corrected chi connectivity index (χ4v) is 7.42. The van der Waals surface area contributed by atoms with Crippen molar-refractivity contribution < 1.29 is 37.1 Å². The number of anilines is 1. The first-order valence-electron chi connectivity index (χ1n) is 20.4. The molecule has 3 aromatic carbocycles. The highest BCUT2D eigenvalue weighted by Gasteiger charge is 2.40. The zero-order valence-corrected chi connectivity index (χ0v) is 36.1. The number of aliphatic carboxylic acids is 1. The predicted molar refractivity (Wildman–Crippen MR) is 232 cm³/mol. The molecule has 2 aliphatic heterocycles. The van der Waals surface area contributed by atoms with Gasteiger partial charge in [-0.05, 0) is 108 Å². The second-order valence-corrected chi connectivity index (χ2v) is 16.6. The Morgan fingerprint density at radius 3 is 2.08 bits per heavy atom. The summed E-state index contributed by atoms with van der Waals surface area (Å²) in [7, 11) is 0. The van der Waals surface area contributed by atoms with E-state index in [-0.39, 0.29) is 42.8 Å². The highest BCUT2D eigenvalue weighted by molar-refractivity contribution is 5.85. The Morgan fingerprint density at radius 2 is 1.52 bits per heavy atom. The minimum absolute atomic E-state index is 0. The number of carboxylic acids is 1. The van der Waals surface area contributed by atoms with E-state index < -0.39 is 23.8 Å². The molecule has 0 amide bonds. The molecule has 2 aliphatic rings. The molecule has 0 saturated carbocycles. The summed E-state index contributed by atoms with van der Waals surface area (Å²) in [5.41, 5.74) is 3.31. The lowest BCUT2D eigenvalue weighted by molar-refractivity contribution is -0.142. The molecule has 0 aliphatic carbocycles. The van der Waals surface area contributed by atoms with Crippen LogP contribution in [0.3, 0.4) is 0 Å². The van der Waals surface area contributed by atoms with Crippen LogP contribution in [0.25, 0.3) is 16.3 Å². The van der Waals surface area contributed by atoms with Crippen LogP contribution in [-0.4, -0.2) is 77.1 Å². The van der Waals surface area contributed by atoms with Gasteiger partial charge in [0.1, 0.15) is 17.2 Å². The first-order chi connectivity index (χ1) is 29.2. The fraction of sp³-hybridized carbons (Fsp3) is 0.435. The third kappa shape index (κ3) is 13.1. The predicted octanol–water partition coefficient (Wildman–Crippen LogP) is 8.65. The number of aromatic nitrogens is 4. The number of hydrogen-bond acceptors (Lipinski definition) is 10. The van der Waals surface area contributed by atoms with Gasteiger partial charge in [-0.15, -0.1) is 12.4 Å². The molecule has 5 aromatic rings. The Labute approximate surface area is 366 Å². The van der Waals surface area contributed by atoms with Crippen molar-refractivity contribution in [2.45, 2.75) is 58.5 Å². The summed E-state index contributed by atoms with van der Waals surface area (Å²) in [6, 6.07) is 24.4. The van der Waals surface area contributed by atoms with Crippen LogP contribution in [-0.2, 0) is 35.6 Å². The van der Waals surface area contributed by atoms with Crippen LogP contribution in [0.2, 0.25) is 0 Å². The van der Waals surface area contributed by atoms with E-state index in [0.717, 1.165) is 60.5 Å². The van der Waals surface area contributed by atoms with Crippen molar-refractivity contribution in [2.75, 3.05) is 50.8 Å². The van der Waals surface area contributed by atoms with Crippen LogP contribution in [0.15, 0.2) is 89.6 Å². The van der Waals surface area contributed by atoms with Crippen LogP contribution < -0.4 is 19.7 Å². The molecule has 0 spiro atoms. The van der Waals surface area contributed by atoms with Gasteiger partial charge in [-0.1, -0.05) is 69.2 Å². The molecule has 2 N–H and O–H groups in total. The molecule has 2 fully saturated rings. The van der Waals surface area contributed by atoms with Crippen molar-refractivity contribution in [3.63, 3.8) is 0 Å². The summed E-state index contributed by atoms with van der Waals surface area (Å²) < 4.78 is 56.0. The highest BCUT2D eigenvalue weighted by Crippen LogP contribution is 2.33. The van der Waals surface area contributed by atoms with Crippen molar-refractivity contribution in [2.24, 2.45) is 23.7 Å². The van der Waals surface area contributed by atoms with Crippen molar-refractivity contribution >= 4 is 24.3 Å². The Morgan fingerprint density at radius 1 is 0.887 bits per heavy atom. The maximum absolute atomic E-state index is 13.1. The molecule has 330 valence electrons. The quantitative estimate of drug-likeness (QED) is 0.0819. The van der Waals surface area contributed by atoms with Gasteiger partial charge in [0.25, 0.3) is 5.89 Å². The molecule has 12 nitrogen and oxygen atoms in total. The van der Waals surface area contributed by atoms with Gasteiger partial charge < -0.3 is 34.2 Å². The van der Waals surface area contributed by atoms with E-state index in [2.05, 4.69) is 82.2 Å². The molecule has 16 heteroatoms. The van der Waals surface area contributed by atoms with Gasteiger partial charge in [0.15, 0.2) is 12.4 Å². The number of nitrogens with zero attached hydrogens (tertiary/aromatic N) is 6. The van der Waals surface area contributed by atoms with Crippen LogP contribution in [0.4, 0.5) is 19.1 Å². The second kappa shape index (κ2) is 21.4. The number of alkyl halides is 3. The Hall–Kier alpha value is -5.72. The van der Waals surface area contributed by atoms with Gasteiger partial charge >= 0.3 is 12.1 Å². The van der Waals surface area contributed by atoms with Crippen molar-refractivity contribution in [3.05, 3.63) is 125 Å². The summed E-state index contributed by atoms with van der Waals surface area (Å²) >= 11 is 0. The largest absolute Gasteiger partial charge is 0.493 e. The van der Waals surface area contributed by atoms with Crippen LogP contribution in [0.1, 0.15) is 55.9 Å². The summed E-state index contributed by atoms with van der Waals surface area (Å²) in [5.74, 6) is 1.74. The Kier molecular flexibility index (Phi) is 16.3. The van der Waals surface area contributed by atoms with Gasteiger partial charge in [-0.3, -0.25) is 4.79 Å². The van der Waals surface area contributed by atoms with E-state index in [0.29, 0.717) is 50.1 Å². The van der Waals surface area contributed by atoms with E-state index >= 15 is 0 Å². The number of ether oxygens (including phenoxy) is 2. The molecule has 0 unspecified atom stereocenters. The van der Waals surface area contributed by atoms with E-state index in [4.69, 9.17) is 20.6 Å². The van der Waals surface area contributed by atoms with Gasteiger partial charge in [0.05, 0.1) is 12.5 Å². The number of hydrogen-bond donors (Lipinski definition) is 2. The van der Waals surface area contributed by atoms with E-state index in [1.165, 1.54) is 16.0 Å². The average molecular weight is 876 g/mol. The summed E-state index contributed by atoms with van der Waals surface area (Å²) in [5, 5.41) is 17.3. The van der Waals surface area contributed by atoms with Gasteiger partial charge in [-0.25, -0.2) is 16.5 Å². The van der Waals surface area contributed by atoms with Crippen LogP contribution in [0, 0.1) is 30.2 Å². The molecular weight excluding hydrogens is 823 g/mol. The lowest BCUT2D eigenvalue weighted by Crippen LogP contribution is -2.25. The SMILES string of the molecule is CC(C)(C)c1ccc(-c2nc(CCOc3ccc(C[C@@H]4CN(c5nccc(C(F)(F)F)n5)C[C@@H]4C(=O)O)cc3)no2)cc1.Cl.[C-]#[N+]CCOc1ccc(C[C@@H]2CNC[C@@H]2C)cc1. The smallest absolute Gasteiger partial charge is 0.433 e. The number of halogens is 4. The van der Waals surface area contributed by atoms with Crippen LogP contribution >= 0.6 is 12.4 Å². The lowest BCUT2D eigenvalue weighted by atomic mass is 9.87. The van der Waals surface area contributed by atoms with Gasteiger partial charge in [0.2, 0.25) is 12.5 Å². The third-order valence-corrected chi connectivity index (χ3v) is 11.0. The maximum Gasteiger partial charge on any atom is 0.433 e. The van der Waals surface area contributed by atoms with Crippen LogP contribution in [0.5, 0.6) is 11.5 Å². The fourth-order valence-electron chi connectivity index (χ4n) is 7.42. The zero-order valence-electron chi connectivity index (χ0n) is 35.3. The first-order valence-corrected chi connectivity index (χ1v) is 20.4. The number of nitrogens with one attached hydrogen (secondary N) is 1. The summed E-state index contributed by atoms with van der Waals surface area (Å²) in [6.07, 6.45) is -1.57. The topological polar surface area (TPSA) is 140 Å². The normalized spacial score (nSPS) is 18.6. The van der Waals surface area contributed by atoms with Crippen molar-refractivity contribution in [1.82, 2.24) is 25.4 Å². The highest BCUT2D eigenvalue weighted by atomic mass is 35.5. The Balaban J connectivity index is 0.000000320. The molecule has 7 rings (SSSR count). The number of carboxylic acid groups (broad SMARTS) is 1. The molecule has 4 atom stereocenters. The number of carbonyl (C=O) groups is 1. The molecular formula is C46H53ClF3N7O5. The third-order valence-electron chi connectivity index (χ3n) is 11.0. The Bertz CT molecular complexity index is 2230. The van der Waals surface area contributed by atoms with E-state index in [1.54, 1.807) is 12.1 Å². The molecule has 2 aromatic heterocycles. The number of benzene rings is 3. The molecule has 0 radical (unpaired) electrons. The standard InChI is InChI=1S/C31H32F3N5O4.C15H20N2O.ClH/c1-30(2,3)22-8-6-20(7-9-22)27-37-26(38-43-27)13-15-42-23-10-4-19(5-11-23)16-21-17-39(18-24(21)28(40)41)29-35-14-12-25(36-29)31(32,33)34;1-12-10-17-11-14(12)9-13-3-5-15(6-4-13)18-8-7-16-2;/h4-12,14,21,24H,13,15-18H2,1-3H3,(H,40,41);3-6,12,14,17H,7-11H2,1H3;1H/t21-,24+;12-,14+;/m10./s1. The average Bonchev–Trinajstić information content (AvgIpc) is 4.00. The van der Waals surface area contributed by atoms with Gasteiger partial charge in [0, 0.05) is 31.3 Å².